The molecule has 1 atom stereocenters. The molecule has 1 aromatic heterocycles. The maximum Gasteiger partial charge on any atom is 0.219 e. The van der Waals surface area contributed by atoms with Crippen molar-refractivity contribution in [2.45, 2.75) is 13.0 Å². The van der Waals surface area contributed by atoms with Gasteiger partial charge in [-0.3, -0.25) is 0 Å². The predicted molar refractivity (Wildman–Crippen MR) is 71.0 cm³/mol. The van der Waals surface area contributed by atoms with Crippen molar-refractivity contribution in [1.29, 1.82) is 0 Å². The van der Waals surface area contributed by atoms with E-state index < -0.39 is 5.82 Å². The van der Waals surface area contributed by atoms with Gasteiger partial charge in [0.25, 0.3) is 0 Å². The summed E-state index contributed by atoms with van der Waals surface area (Å²) in [6, 6.07) is 7.97. The van der Waals surface area contributed by atoms with Gasteiger partial charge in [-0.2, -0.15) is 0 Å². The Bertz CT molecular complexity index is 543. The van der Waals surface area contributed by atoms with Gasteiger partial charge in [0, 0.05) is 22.8 Å². The Kier molecular flexibility index (Phi) is 3.93. The number of ether oxygens (including phenoxy) is 1. The molecule has 1 unspecified atom stereocenters. The summed E-state index contributed by atoms with van der Waals surface area (Å²) < 4.78 is 19.6. The Balaban J connectivity index is 2.18. The number of benzene rings is 1. The van der Waals surface area contributed by atoms with Crippen LogP contribution in [0.15, 0.2) is 41.0 Å². The Morgan fingerprint density at radius 3 is 2.67 bits per heavy atom. The molecule has 0 saturated heterocycles. The van der Waals surface area contributed by atoms with Crippen LogP contribution < -0.4 is 10.5 Å². The van der Waals surface area contributed by atoms with E-state index in [1.54, 1.807) is 24.4 Å². The maximum atomic E-state index is 13.5. The summed E-state index contributed by atoms with van der Waals surface area (Å²) in [6.45, 7) is 1.87. The molecule has 0 aliphatic carbocycles. The van der Waals surface area contributed by atoms with E-state index in [-0.39, 0.29) is 11.8 Å². The molecule has 0 aliphatic rings. The van der Waals surface area contributed by atoms with Crippen LogP contribution in [-0.2, 0) is 0 Å². The molecule has 0 fully saturated rings. The average Bonchev–Trinajstić information content (AvgIpc) is 2.33. The minimum atomic E-state index is -0.442. The van der Waals surface area contributed by atoms with Crippen LogP contribution in [0.2, 0.25) is 0 Å². The Morgan fingerprint density at radius 2 is 2.11 bits per heavy atom. The number of aromatic nitrogens is 1. The first kappa shape index (κ1) is 13.0. The van der Waals surface area contributed by atoms with Crippen LogP contribution in [0.3, 0.4) is 0 Å². The summed E-state index contributed by atoms with van der Waals surface area (Å²) in [5.74, 6) is 0.0299. The zero-order valence-corrected chi connectivity index (χ0v) is 11.3. The first-order valence-electron chi connectivity index (χ1n) is 5.40. The number of rotatable bonds is 3. The van der Waals surface area contributed by atoms with Crippen LogP contribution in [-0.4, -0.2) is 4.98 Å². The van der Waals surface area contributed by atoms with Gasteiger partial charge in [0.15, 0.2) is 11.6 Å². The van der Waals surface area contributed by atoms with Gasteiger partial charge in [-0.1, -0.05) is 22.0 Å². The lowest BCUT2D eigenvalue weighted by Gasteiger charge is -2.08. The van der Waals surface area contributed by atoms with Gasteiger partial charge in [0.1, 0.15) is 0 Å². The molecule has 94 valence electrons. The normalized spacial score (nSPS) is 12.2. The van der Waals surface area contributed by atoms with Crippen LogP contribution in [0.1, 0.15) is 18.5 Å². The van der Waals surface area contributed by atoms with E-state index >= 15 is 0 Å². The van der Waals surface area contributed by atoms with Crippen LogP contribution in [0, 0.1) is 5.82 Å². The van der Waals surface area contributed by atoms with Crippen molar-refractivity contribution >= 4 is 15.9 Å². The lowest BCUT2D eigenvalue weighted by molar-refractivity contribution is 0.427. The van der Waals surface area contributed by atoms with Gasteiger partial charge in [0.05, 0.1) is 0 Å². The molecule has 5 heteroatoms. The van der Waals surface area contributed by atoms with Crippen LogP contribution in [0.4, 0.5) is 4.39 Å². The second kappa shape index (κ2) is 5.46. The second-order valence-corrected chi connectivity index (χ2v) is 4.81. The van der Waals surface area contributed by atoms with Crippen LogP contribution in [0.5, 0.6) is 11.6 Å². The van der Waals surface area contributed by atoms with E-state index in [4.69, 9.17) is 10.5 Å². The predicted octanol–water partition coefficient (Wildman–Crippen LogP) is 3.80. The summed E-state index contributed by atoms with van der Waals surface area (Å²) in [5, 5.41) is 0. The molecule has 2 rings (SSSR count). The fourth-order valence-corrected chi connectivity index (χ4v) is 1.73. The van der Waals surface area contributed by atoms with E-state index in [9.17, 15) is 4.39 Å². The van der Waals surface area contributed by atoms with Crippen molar-refractivity contribution in [1.82, 2.24) is 4.98 Å². The fourth-order valence-electron chi connectivity index (χ4n) is 1.39. The van der Waals surface area contributed by atoms with Gasteiger partial charge in [-0.05, 0) is 30.7 Å². The summed E-state index contributed by atoms with van der Waals surface area (Å²) in [7, 11) is 0. The average molecular weight is 311 g/mol. The molecular formula is C13H12BrFN2O. The van der Waals surface area contributed by atoms with Crippen molar-refractivity contribution in [3.63, 3.8) is 0 Å². The molecule has 0 spiro atoms. The van der Waals surface area contributed by atoms with E-state index in [1.807, 2.05) is 13.0 Å². The minimum Gasteiger partial charge on any atom is -0.436 e. The van der Waals surface area contributed by atoms with Crippen molar-refractivity contribution in [3.8, 4) is 11.6 Å². The van der Waals surface area contributed by atoms with Gasteiger partial charge in [0.2, 0.25) is 5.88 Å². The standard InChI is InChI=1S/C13H12BrFN2O/c1-8(16)9-2-5-13(17-7-9)18-12-4-3-10(14)6-11(12)15/h2-8H,16H2,1H3. The molecule has 0 bridgehead atoms. The SMILES string of the molecule is CC(N)c1ccc(Oc2ccc(Br)cc2F)nc1. The fraction of sp³-hybridized carbons (Fsp3) is 0.154. The van der Waals surface area contributed by atoms with Gasteiger partial charge < -0.3 is 10.5 Å². The van der Waals surface area contributed by atoms with Crippen molar-refractivity contribution in [2.24, 2.45) is 5.73 Å². The third kappa shape index (κ3) is 3.05. The Hall–Kier alpha value is -1.46. The van der Waals surface area contributed by atoms with Crippen molar-refractivity contribution in [2.75, 3.05) is 0 Å². The summed E-state index contributed by atoms with van der Waals surface area (Å²) >= 11 is 3.18. The van der Waals surface area contributed by atoms with E-state index in [0.717, 1.165) is 5.56 Å². The van der Waals surface area contributed by atoms with Crippen molar-refractivity contribution in [3.05, 3.63) is 52.4 Å². The first-order valence-corrected chi connectivity index (χ1v) is 6.20. The van der Waals surface area contributed by atoms with E-state index in [1.165, 1.54) is 6.07 Å². The quantitative estimate of drug-likeness (QED) is 0.938. The number of pyridine rings is 1. The lowest BCUT2D eigenvalue weighted by Crippen LogP contribution is -2.05. The first-order chi connectivity index (χ1) is 8.56. The molecule has 18 heavy (non-hydrogen) atoms. The third-order valence-corrected chi connectivity index (χ3v) is 2.89. The molecule has 0 amide bonds. The monoisotopic (exact) mass is 310 g/mol. The third-order valence-electron chi connectivity index (χ3n) is 2.39. The van der Waals surface area contributed by atoms with Gasteiger partial charge in [-0.25, -0.2) is 9.37 Å². The molecule has 2 N–H and O–H groups in total. The summed E-state index contributed by atoms with van der Waals surface area (Å²) in [6.07, 6.45) is 1.62. The topological polar surface area (TPSA) is 48.1 Å². The molecule has 1 aromatic carbocycles. The zero-order valence-electron chi connectivity index (χ0n) is 9.73. The van der Waals surface area contributed by atoms with Crippen molar-refractivity contribution < 1.29 is 9.13 Å². The van der Waals surface area contributed by atoms with Gasteiger partial charge in [-0.15, -0.1) is 0 Å². The van der Waals surface area contributed by atoms with Crippen LogP contribution >= 0.6 is 15.9 Å². The molecular weight excluding hydrogens is 299 g/mol. The summed E-state index contributed by atoms with van der Waals surface area (Å²) in [5.41, 5.74) is 6.61. The number of hydrogen-bond acceptors (Lipinski definition) is 3. The van der Waals surface area contributed by atoms with E-state index in [0.29, 0.717) is 10.4 Å². The zero-order chi connectivity index (χ0) is 13.1. The largest absolute Gasteiger partial charge is 0.436 e. The highest BCUT2D eigenvalue weighted by atomic mass is 79.9. The molecule has 0 radical (unpaired) electrons. The van der Waals surface area contributed by atoms with Crippen LogP contribution in [0.25, 0.3) is 0 Å². The summed E-state index contributed by atoms with van der Waals surface area (Å²) in [4.78, 5) is 4.08. The number of hydrogen-bond donors (Lipinski definition) is 1. The highest BCUT2D eigenvalue weighted by molar-refractivity contribution is 9.10. The molecule has 1 heterocycles. The smallest absolute Gasteiger partial charge is 0.219 e. The second-order valence-electron chi connectivity index (χ2n) is 3.90. The maximum absolute atomic E-state index is 13.5. The number of halogens is 2. The minimum absolute atomic E-state index is 0.0871. The van der Waals surface area contributed by atoms with Gasteiger partial charge >= 0.3 is 0 Å². The Morgan fingerprint density at radius 1 is 1.33 bits per heavy atom. The Labute approximate surface area is 113 Å². The highest BCUT2D eigenvalue weighted by Gasteiger charge is 2.07. The number of nitrogens with two attached hydrogens (primary N) is 1. The molecule has 2 aromatic rings. The van der Waals surface area contributed by atoms with E-state index in [2.05, 4.69) is 20.9 Å². The lowest BCUT2D eigenvalue weighted by atomic mass is 10.2. The highest BCUT2D eigenvalue weighted by Crippen LogP contribution is 2.26. The number of nitrogens with zero attached hydrogens (tertiary/aromatic N) is 1. The molecule has 0 aliphatic heterocycles. The molecule has 0 saturated carbocycles. The molecule has 3 nitrogen and oxygen atoms in total.